The first-order chi connectivity index (χ1) is 13.6. The van der Waals surface area contributed by atoms with Gasteiger partial charge >= 0.3 is 0 Å². The van der Waals surface area contributed by atoms with Crippen LogP contribution in [0.3, 0.4) is 0 Å². The SMILES string of the molecule is Cc1ccc(C)c(-n2ccnc2SCC(=O)Nc2cccc3ccccc23)c1. The van der Waals surface area contributed by atoms with Crippen LogP contribution in [0.25, 0.3) is 16.5 Å². The van der Waals surface area contributed by atoms with Gasteiger partial charge < -0.3 is 5.32 Å². The second-order valence-corrected chi connectivity index (χ2v) is 7.68. The quantitative estimate of drug-likeness (QED) is 0.468. The molecule has 0 aliphatic rings. The molecule has 0 unspecified atom stereocenters. The molecule has 0 saturated carbocycles. The Bertz CT molecular complexity index is 1140. The number of carbonyl (C=O) groups is 1. The average molecular weight is 388 g/mol. The number of fused-ring (bicyclic) bond motifs is 1. The largest absolute Gasteiger partial charge is 0.325 e. The van der Waals surface area contributed by atoms with Crippen LogP contribution in [0.4, 0.5) is 5.69 Å². The minimum atomic E-state index is -0.0446. The molecule has 0 spiro atoms. The van der Waals surface area contributed by atoms with E-state index in [0.717, 1.165) is 27.3 Å². The van der Waals surface area contributed by atoms with Crippen LogP contribution < -0.4 is 5.32 Å². The molecule has 0 aliphatic heterocycles. The lowest BCUT2D eigenvalue weighted by Gasteiger charge is -2.12. The summed E-state index contributed by atoms with van der Waals surface area (Å²) >= 11 is 1.44. The minimum Gasteiger partial charge on any atom is -0.325 e. The van der Waals surface area contributed by atoms with Crippen molar-refractivity contribution in [1.29, 1.82) is 0 Å². The summed E-state index contributed by atoms with van der Waals surface area (Å²) in [6.07, 6.45) is 3.71. The Balaban J connectivity index is 1.49. The van der Waals surface area contributed by atoms with Gasteiger partial charge in [0.15, 0.2) is 5.16 Å². The molecule has 140 valence electrons. The number of aryl methyl sites for hydroxylation is 2. The van der Waals surface area contributed by atoms with E-state index in [2.05, 4.69) is 42.3 Å². The maximum atomic E-state index is 12.6. The van der Waals surface area contributed by atoms with E-state index in [4.69, 9.17) is 0 Å². The Morgan fingerprint density at radius 1 is 1.07 bits per heavy atom. The van der Waals surface area contributed by atoms with Crippen LogP contribution in [-0.2, 0) is 4.79 Å². The maximum Gasteiger partial charge on any atom is 0.234 e. The molecule has 3 aromatic carbocycles. The van der Waals surface area contributed by atoms with Crippen molar-refractivity contribution in [1.82, 2.24) is 9.55 Å². The third kappa shape index (κ3) is 3.80. The summed E-state index contributed by atoms with van der Waals surface area (Å²) in [5.74, 6) is 0.252. The lowest BCUT2D eigenvalue weighted by Crippen LogP contribution is -2.14. The first-order valence-corrected chi connectivity index (χ1v) is 10.1. The fraction of sp³-hybridized carbons (Fsp3) is 0.130. The Hall–Kier alpha value is -3.05. The van der Waals surface area contributed by atoms with Gasteiger partial charge in [-0.2, -0.15) is 0 Å². The summed E-state index contributed by atoms with van der Waals surface area (Å²) in [7, 11) is 0. The van der Waals surface area contributed by atoms with E-state index in [-0.39, 0.29) is 5.91 Å². The highest BCUT2D eigenvalue weighted by Crippen LogP contribution is 2.25. The normalized spacial score (nSPS) is 10.9. The first kappa shape index (κ1) is 18.3. The molecule has 1 heterocycles. The van der Waals surface area contributed by atoms with Crippen LogP contribution in [0.1, 0.15) is 11.1 Å². The van der Waals surface area contributed by atoms with E-state index in [1.54, 1.807) is 6.20 Å². The predicted molar refractivity (Wildman–Crippen MR) is 116 cm³/mol. The number of benzene rings is 3. The van der Waals surface area contributed by atoms with Crippen LogP contribution in [0.15, 0.2) is 78.2 Å². The van der Waals surface area contributed by atoms with Gasteiger partial charge in [0.25, 0.3) is 0 Å². The third-order valence-corrected chi connectivity index (χ3v) is 5.59. The molecule has 1 N–H and O–H groups in total. The zero-order chi connectivity index (χ0) is 19.5. The van der Waals surface area contributed by atoms with Crippen molar-refractivity contribution in [2.24, 2.45) is 0 Å². The van der Waals surface area contributed by atoms with Gasteiger partial charge in [-0.25, -0.2) is 4.98 Å². The van der Waals surface area contributed by atoms with Gasteiger partial charge in [0, 0.05) is 23.5 Å². The maximum absolute atomic E-state index is 12.6. The molecule has 0 fully saturated rings. The molecule has 0 aliphatic carbocycles. The molecule has 4 nitrogen and oxygen atoms in total. The second kappa shape index (κ2) is 7.90. The van der Waals surface area contributed by atoms with Crippen LogP contribution in [0.2, 0.25) is 0 Å². The van der Waals surface area contributed by atoms with E-state index in [1.165, 1.54) is 22.9 Å². The van der Waals surface area contributed by atoms with Crippen molar-refractivity contribution < 1.29 is 4.79 Å². The smallest absolute Gasteiger partial charge is 0.234 e. The Labute approximate surface area is 168 Å². The van der Waals surface area contributed by atoms with Crippen molar-refractivity contribution >= 4 is 34.1 Å². The molecule has 0 atom stereocenters. The molecule has 4 aromatic rings. The number of rotatable bonds is 5. The van der Waals surface area contributed by atoms with E-state index in [1.807, 2.05) is 53.2 Å². The molecule has 1 amide bonds. The number of imidazole rings is 1. The summed E-state index contributed by atoms with van der Waals surface area (Å²) < 4.78 is 2.04. The lowest BCUT2D eigenvalue weighted by molar-refractivity contribution is -0.113. The van der Waals surface area contributed by atoms with Gasteiger partial charge in [0.2, 0.25) is 5.91 Å². The van der Waals surface area contributed by atoms with Crippen molar-refractivity contribution in [2.75, 3.05) is 11.1 Å². The van der Waals surface area contributed by atoms with E-state index in [9.17, 15) is 4.79 Å². The van der Waals surface area contributed by atoms with Gasteiger partial charge in [-0.15, -0.1) is 0 Å². The molecule has 5 heteroatoms. The monoisotopic (exact) mass is 387 g/mol. The van der Waals surface area contributed by atoms with Gasteiger partial charge in [-0.3, -0.25) is 9.36 Å². The molecule has 0 radical (unpaired) electrons. The summed E-state index contributed by atoms with van der Waals surface area (Å²) in [5.41, 5.74) is 4.29. The van der Waals surface area contributed by atoms with Crippen LogP contribution in [0.5, 0.6) is 0 Å². The molecule has 1 aromatic heterocycles. The minimum absolute atomic E-state index is 0.0446. The number of amides is 1. The number of nitrogens with zero attached hydrogens (tertiary/aromatic N) is 2. The van der Waals surface area contributed by atoms with E-state index >= 15 is 0 Å². The standard InChI is InChI=1S/C23H21N3OS/c1-16-10-11-17(2)21(14-16)26-13-12-24-23(26)28-15-22(27)25-20-9-5-7-18-6-3-4-8-19(18)20/h3-14H,15H2,1-2H3,(H,25,27). The zero-order valence-electron chi connectivity index (χ0n) is 15.8. The second-order valence-electron chi connectivity index (χ2n) is 6.73. The van der Waals surface area contributed by atoms with Crippen LogP contribution in [0, 0.1) is 13.8 Å². The van der Waals surface area contributed by atoms with Crippen LogP contribution in [-0.4, -0.2) is 21.2 Å². The van der Waals surface area contributed by atoms with Crippen molar-refractivity contribution in [3.63, 3.8) is 0 Å². The fourth-order valence-corrected chi connectivity index (χ4v) is 3.98. The highest BCUT2D eigenvalue weighted by molar-refractivity contribution is 7.99. The topological polar surface area (TPSA) is 46.9 Å². The summed E-state index contributed by atoms with van der Waals surface area (Å²) in [5, 5.41) is 5.99. The molecule has 28 heavy (non-hydrogen) atoms. The lowest BCUT2D eigenvalue weighted by atomic mass is 10.1. The fourth-order valence-electron chi connectivity index (χ4n) is 3.21. The van der Waals surface area contributed by atoms with Gasteiger partial charge in [-0.05, 0) is 42.5 Å². The number of hydrogen-bond donors (Lipinski definition) is 1. The molecule has 4 rings (SSSR count). The molecular weight excluding hydrogens is 366 g/mol. The van der Waals surface area contributed by atoms with E-state index in [0.29, 0.717) is 5.75 Å². The zero-order valence-corrected chi connectivity index (χ0v) is 16.7. The summed E-state index contributed by atoms with van der Waals surface area (Å²) in [4.78, 5) is 17.0. The first-order valence-electron chi connectivity index (χ1n) is 9.13. The number of anilines is 1. The van der Waals surface area contributed by atoms with E-state index < -0.39 is 0 Å². The highest BCUT2D eigenvalue weighted by atomic mass is 32.2. The number of thioether (sulfide) groups is 1. The van der Waals surface area contributed by atoms with Gasteiger partial charge in [0.05, 0.1) is 11.4 Å². The Kier molecular flexibility index (Phi) is 5.17. The van der Waals surface area contributed by atoms with Crippen molar-refractivity contribution in [3.05, 3.63) is 84.2 Å². The molecule has 0 bridgehead atoms. The third-order valence-electron chi connectivity index (χ3n) is 4.63. The number of aromatic nitrogens is 2. The molecular formula is C23H21N3OS. The summed E-state index contributed by atoms with van der Waals surface area (Å²) in [6.45, 7) is 4.15. The number of hydrogen-bond acceptors (Lipinski definition) is 3. The van der Waals surface area contributed by atoms with Crippen LogP contribution >= 0.6 is 11.8 Å². The predicted octanol–water partition coefficient (Wildman–Crippen LogP) is 5.37. The van der Waals surface area contributed by atoms with Gasteiger partial charge in [0.1, 0.15) is 0 Å². The Morgan fingerprint density at radius 3 is 2.79 bits per heavy atom. The Morgan fingerprint density at radius 2 is 1.89 bits per heavy atom. The average Bonchev–Trinajstić information content (AvgIpc) is 3.17. The highest BCUT2D eigenvalue weighted by Gasteiger charge is 2.12. The number of carbonyl (C=O) groups excluding carboxylic acids is 1. The van der Waals surface area contributed by atoms with Crippen molar-refractivity contribution in [3.8, 4) is 5.69 Å². The summed E-state index contributed by atoms with van der Waals surface area (Å²) in [6, 6.07) is 20.3. The van der Waals surface area contributed by atoms with Gasteiger partial charge in [-0.1, -0.05) is 60.3 Å². The number of nitrogens with one attached hydrogen (secondary N) is 1. The van der Waals surface area contributed by atoms with Crippen molar-refractivity contribution in [2.45, 2.75) is 19.0 Å². The molecule has 0 saturated heterocycles.